The second kappa shape index (κ2) is 6.23. The van der Waals surface area contributed by atoms with Crippen molar-refractivity contribution < 1.29 is 0 Å². The Labute approximate surface area is 162 Å². The van der Waals surface area contributed by atoms with Crippen LogP contribution in [0.1, 0.15) is 67.7 Å². The van der Waals surface area contributed by atoms with Gasteiger partial charge in [-0.3, -0.25) is 0 Å². The van der Waals surface area contributed by atoms with Gasteiger partial charge < -0.3 is 0 Å². The van der Waals surface area contributed by atoms with Crippen molar-refractivity contribution in [1.82, 2.24) is 0 Å². The Kier molecular flexibility index (Phi) is 3.82. The van der Waals surface area contributed by atoms with E-state index in [0.29, 0.717) is 11.8 Å². The van der Waals surface area contributed by atoms with Gasteiger partial charge in [-0.25, -0.2) is 0 Å². The highest BCUT2D eigenvalue weighted by molar-refractivity contribution is 5.77. The maximum absolute atomic E-state index is 2.44. The van der Waals surface area contributed by atoms with E-state index in [9.17, 15) is 0 Å². The maximum Gasteiger partial charge on any atom is 0.00730 e. The summed E-state index contributed by atoms with van der Waals surface area (Å²) in [6.07, 6.45) is 9.58. The van der Waals surface area contributed by atoms with Gasteiger partial charge in [-0.05, 0) is 77.3 Å². The zero-order chi connectivity index (χ0) is 18.5. The molecule has 1 unspecified atom stereocenters. The summed E-state index contributed by atoms with van der Waals surface area (Å²) in [5.74, 6) is 1.06. The van der Waals surface area contributed by atoms with Crippen molar-refractivity contribution in [3.8, 4) is 0 Å². The normalized spacial score (nSPS) is 22.7. The minimum absolute atomic E-state index is 0.488. The molecule has 3 aliphatic rings. The molecule has 0 bridgehead atoms. The molecule has 0 fully saturated rings. The molecule has 0 heteroatoms. The smallest absolute Gasteiger partial charge is 0.00730 e. The number of hydrogen-bond acceptors (Lipinski definition) is 0. The SMILES string of the molecule is CC1=Cc2ccccc2C1CCC1=C(C)C=C2C1=Cc1ccccc1[C@H]2C. The van der Waals surface area contributed by atoms with Crippen LogP contribution in [0.2, 0.25) is 0 Å². The van der Waals surface area contributed by atoms with Crippen molar-refractivity contribution >= 4 is 12.2 Å². The Bertz CT molecular complexity index is 1050. The fraction of sp³-hybridized carbons (Fsp3) is 0.259. The Morgan fingerprint density at radius 2 is 1.44 bits per heavy atom. The molecule has 134 valence electrons. The van der Waals surface area contributed by atoms with Crippen molar-refractivity contribution in [2.45, 2.75) is 45.4 Å². The predicted octanol–water partition coefficient (Wildman–Crippen LogP) is 7.42. The average molecular weight is 351 g/mol. The van der Waals surface area contributed by atoms with Crippen LogP contribution in [0.25, 0.3) is 12.2 Å². The topological polar surface area (TPSA) is 0 Å². The number of rotatable bonds is 3. The molecule has 0 spiro atoms. The fourth-order valence-electron chi connectivity index (χ4n) is 5.23. The van der Waals surface area contributed by atoms with Gasteiger partial charge in [0.2, 0.25) is 0 Å². The molecule has 2 aromatic carbocycles. The van der Waals surface area contributed by atoms with E-state index in [4.69, 9.17) is 0 Å². The molecule has 0 saturated heterocycles. The van der Waals surface area contributed by atoms with E-state index in [1.54, 1.807) is 5.57 Å². The zero-order valence-electron chi connectivity index (χ0n) is 16.4. The average Bonchev–Trinajstić information content (AvgIpc) is 3.16. The first-order valence-corrected chi connectivity index (χ1v) is 10.1. The maximum atomic E-state index is 2.44. The van der Waals surface area contributed by atoms with E-state index in [-0.39, 0.29) is 0 Å². The predicted molar refractivity (Wildman–Crippen MR) is 116 cm³/mol. The summed E-state index contributed by atoms with van der Waals surface area (Å²) in [5, 5.41) is 0. The Morgan fingerprint density at radius 3 is 2.22 bits per heavy atom. The molecule has 0 N–H and O–H groups in total. The summed E-state index contributed by atoms with van der Waals surface area (Å²) < 4.78 is 0. The molecule has 0 radical (unpaired) electrons. The minimum atomic E-state index is 0.488. The molecule has 0 amide bonds. The molecule has 5 rings (SSSR count). The molecule has 27 heavy (non-hydrogen) atoms. The van der Waals surface area contributed by atoms with Gasteiger partial charge in [-0.2, -0.15) is 0 Å². The van der Waals surface area contributed by atoms with Gasteiger partial charge >= 0.3 is 0 Å². The van der Waals surface area contributed by atoms with Crippen LogP contribution >= 0.6 is 0 Å². The van der Waals surface area contributed by atoms with Gasteiger partial charge in [-0.15, -0.1) is 0 Å². The minimum Gasteiger partial charge on any atom is -0.0652 e. The summed E-state index contributed by atoms with van der Waals surface area (Å²) in [6.45, 7) is 6.95. The van der Waals surface area contributed by atoms with Gasteiger partial charge in [0, 0.05) is 11.8 Å². The van der Waals surface area contributed by atoms with Gasteiger partial charge in [0.05, 0.1) is 0 Å². The van der Waals surface area contributed by atoms with E-state index in [0.717, 1.165) is 6.42 Å². The van der Waals surface area contributed by atoms with Crippen LogP contribution in [-0.2, 0) is 0 Å². The van der Waals surface area contributed by atoms with Crippen LogP contribution in [0.3, 0.4) is 0 Å². The first-order chi connectivity index (χ1) is 13.1. The van der Waals surface area contributed by atoms with Crippen LogP contribution in [0.4, 0.5) is 0 Å². The van der Waals surface area contributed by atoms with Gasteiger partial charge in [0.15, 0.2) is 0 Å². The summed E-state index contributed by atoms with van der Waals surface area (Å²) in [5.41, 5.74) is 13.3. The van der Waals surface area contributed by atoms with Gasteiger partial charge in [0.1, 0.15) is 0 Å². The molecular formula is C27H26. The third-order valence-electron chi connectivity index (χ3n) is 6.70. The third kappa shape index (κ3) is 2.58. The lowest BCUT2D eigenvalue weighted by Crippen LogP contribution is -2.08. The lowest BCUT2D eigenvalue weighted by atomic mass is 9.78. The summed E-state index contributed by atoms with van der Waals surface area (Å²) in [4.78, 5) is 0. The van der Waals surface area contributed by atoms with Crippen molar-refractivity contribution in [2.24, 2.45) is 0 Å². The lowest BCUT2D eigenvalue weighted by Gasteiger charge is -2.25. The molecule has 2 aromatic rings. The van der Waals surface area contributed by atoms with E-state index in [1.807, 2.05) is 0 Å². The Hall–Kier alpha value is -2.60. The van der Waals surface area contributed by atoms with Crippen LogP contribution in [0.15, 0.2) is 82.5 Å². The molecule has 0 nitrogen and oxygen atoms in total. The molecule has 0 saturated carbocycles. The molecule has 0 heterocycles. The van der Waals surface area contributed by atoms with E-state index >= 15 is 0 Å². The highest BCUT2D eigenvalue weighted by Gasteiger charge is 2.30. The second-order valence-corrected chi connectivity index (χ2v) is 8.28. The Morgan fingerprint density at radius 1 is 0.778 bits per heavy atom. The molecule has 0 aromatic heterocycles. The van der Waals surface area contributed by atoms with E-state index < -0.39 is 0 Å². The first-order valence-electron chi connectivity index (χ1n) is 10.1. The van der Waals surface area contributed by atoms with Crippen molar-refractivity contribution in [1.29, 1.82) is 0 Å². The first kappa shape index (κ1) is 16.6. The second-order valence-electron chi connectivity index (χ2n) is 8.28. The summed E-state index contributed by atoms with van der Waals surface area (Å²) in [6, 6.07) is 17.8. The van der Waals surface area contributed by atoms with E-state index in [1.165, 1.54) is 51.0 Å². The molecule has 2 atom stereocenters. The molecule has 3 aliphatic carbocycles. The monoisotopic (exact) mass is 350 g/mol. The Balaban J connectivity index is 1.44. The number of hydrogen-bond donors (Lipinski definition) is 0. The number of benzene rings is 2. The quantitative estimate of drug-likeness (QED) is 0.540. The van der Waals surface area contributed by atoms with Crippen molar-refractivity contribution in [3.63, 3.8) is 0 Å². The fourth-order valence-corrected chi connectivity index (χ4v) is 5.23. The highest BCUT2D eigenvalue weighted by Crippen LogP contribution is 2.48. The van der Waals surface area contributed by atoms with Gasteiger partial charge in [-0.1, -0.05) is 73.2 Å². The highest BCUT2D eigenvalue weighted by atomic mass is 14.3. The van der Waals surface area contributed by atoms with Crippen molar-refractivity contribution in [3.05, 3.63) is 105 Å². The van der Waals surface area contributed by atoms with Crippen LogP contribution in [-0.4, -0.2) is 0 Å². The third-order valence-corrected chi connectivity index (χ3v) is 6.70. The molecular weight excluding hydrogens is 324 g/mol. The van der Waals surface area contributed by atoms with Crippen LogP contribution in [0.5, 0.6) is 0 Å². The zero-order valence-corrected chi connectivity index (χ0v) is 16.4. The summed E-state index contributed by atoms with van der Waals surface area (Å²) >= 11 is 0. The largest absolute Gasteiger partial charge is 0.0652 e. The number of allylic oxidation sites excluding steroid dienone is 6. The van der Waals surface area contributed by atoms with Gasteiger partial charge in [0.25, 0.3) is 0 Å². The standard InChI is InChI=1S/C27H26/c1-17-14-20-8-5-7-11-25(20)22(17)12-13-23-18(2)15-26-19(3)24-10-6-4-9-21(24)16-27(23)26/h4-11,14-16,19,22H,12-13H2,1-3H3/t19-,22?/m1/s1. The number of fused-ring (bicyclic) bond motifs is 3. The van der Waals surface area contributed by atoms with Crippen LogP contribution in [0, 0.1) is 0 Å². The van der Waals surface area contributed by atoms with E-state index in [2.05, 4.69) is 87.5 Å². The van der Waals surface area contributed by atoms with Crippen LogP contribution < -0.4 is 0 Å². The molecule has 0 aliphatic heterocycles. The lowest BCUT2D eigenvalue weighted by molar-refractivity contribution is 0.711. The van der Waals surface area contributed by atoms with Crippen molar-refractivity contribution in [2.75, 3.05) is 0 Å². The summed E-state index contributed by atoms with van der Waals surface area (Å²) in [7, 11) is 0.